The van der Waals surface area contributed by atoms with Crippen LogP contribution in [0.15, 0.2) is 42.5 Å². The molecule has 0 aliphatic rings. The van der Waals surface area contributed by atoms with E-state index in [9.17, 15) is 18.4 Å². The van der Waals surface area contributed by atoms with Gasteiger partial charge in [-0.25, -0.2) is 8.78 Å². The maximum Gasteiger partial charge on any atom is 0.305 e. The van der Waals surface area contributed by atoms with E-state index >= 15 is 0 Å². The zero-order valence-electron chi connectivity index (χ0n) is 13.6. The summed E-state index contributed by atoms with van der Waals surface area (Å²) in [6.07, 6.45) is -0.330. The van der Waals surface area contributed by atoms with Crippen LogP contribution in [0.25, 0.3) is 0 Å². The van der Waals surface area contributed by atoms with E-state index in [1.165, 1.54) is 12.1 Å². The van der Waals surface area contributed by atoms with Gasteiger partial charge in [0.25, 0.3) is 5.91 Å². The Hall–Kier alpha value is -2.67. The van der Waals surface area contributed by atoms with Crippen LogP contribution in [0.1, 0.15) is 12.0 Å². The van der Waals surface area contributed by atoms with Crippen molar-refractivity contribution in [3.8, 4) is 5.75 Å². The lowest BCUT2D eigenvalue weighted by Gasteiger charge is -2.22. The lowest BCUT2D eigenvalue weighted by atomic mass is 10.2. The molecule has 0 aliphatic heterocycles. The summed E-state index contributed by atoms with van der Waals surface area (Å²) in [5.74, 6) is -3.37. The first-order valence-electron chi connectivity index (χ1n) is 7.67. The predicted octanol–water partition coefficient (Wildman–Crippen LogP) is 3.50. The van der Waals surface area contributed by atoms with Gasteiger partial charge < -0.3 is 14.7 Å². The number of ether oxygens (including phenoxy) is 1. The zero-order chi connectivity index (χ0) is 19.1. The van der Waals surface area contributed by atoms with Gasteiger partial charge in [-0.05, 0) is 30.3 Å². The van der Waals surface area contributed by atoms with Crippen molar-refractivity contribution in [3.05, 3.63) is 64.7 Å². The highest BCUT2D eigenvalue weighted by molar-refractivity contribution is 6.30. The van der Waals surface area contributed by atoms with E-state index in [-0.39, 0.29) is 31.7 Å². The van der Waals surface area contributed by atoms with E-state index in [1.54, 1.807) is 24.3 Å². The zero-order valence-corrected chi connectivity index (χ0v) is 14.4. The second-order valence-electron chi connectivity index (χ2n) is 5.41. The quantitative estimate of drug-likeness (QED) is 0.757. The third-order valence-corrected chi connectivity index (χ3v) is 3.77. The molecule has 0 aliphatic carbocycles. The topological polar surface area (TPSA) is 66.8 Å². The molecule has 0 atom stereocenters. The summed E-state index contributed by atoms with van der Waals surface area (Å²) < 4.78 is 32.5. The van der Waals surface area contributed by atoms with Crippen molar-refractivity contribution in [3.63, 3.8) is 0 Å². The van der Waals surface area contributed by atoms with Crippen LogP contribution in [-0.2, 0) is 16.1 Å². The van der Waals surface area contributed by atoms with Crippen molar-refractivity contribution in [2.24, 2.45) is 0 Å². The first-order valence-corrected chi connectivity index (χ1v) is 8.05. The SMILES string of the molecule is O=C(O)CCN(Cc1cccc(F)c1F)C(=O)COc1ccc(Cl)cc1. The van der Waals surface area contributed by atoms with Crippen molar-refractivity contribution in [2.45, 2.75) is 13.0 Å². The minimum atomic E-state index is -1.11. The van der Waals surface area contributed by atoms with Crippen LogP contribution in [0.4, 0.5) is 8.78 Å². The molecule has 26 heavy (non-hydrogen) atoms. The Morgan fingerprint density at radius 1 is 1.12 bits per heavy atom. The fraction of sp³-hybridized carbons (Fsp3) is 0.222. The normalized spacial score (nSPS) is 10.4. The van der Waals surface area contributed by atoms with Crippen LogP contribution >= 0.6 is 11.6 Å². The maximum atomic E-state index is 13.8. The Bertz CT molecular complexity index is 783. The van der Waals surface area contributed by atoms with Crippen LogP contribution < -0.4 is 4.74 Å². The number of benzene rings is 2. The Kier molecular flexibility index (Phi) is 6.91. The standard InChI is InChI=1S/C18H16ClF2NO4/c19-13-4-6-14(7-5-13)26-11-16(23)22(9-8-17(24)25)10-12-2-1-3-15(20)18(12)21/h1-7H,8-11H2,(H,24,25). The van der Waals surface area contributed by atoms with Gasteiger partial charge in [-0.15, -0.1) is 0 Å². The molecule has 2 rings (SSSR count). The first kappa shape index (κ1) is 19.7. The highest BCUT2D eigenvalue weighted by Crippen LogP contribution is 2.17. The van der Waals surface area contributed by atoms with Crippen molar-refractivity contribution in [1.29, 1.82) is 0 Å². The molecule has 1 amide bonds. The van der Waals surface area contributed by atoms with Gasteiger partial charge >= 0.3 is 5.97 Å². The van der Waals surface area contributed by atoms with Gasteiger partial charge in [-0.1, -0.05) is 23.7 Å². The minimum absolute atomic E-state index is 0.0461. The number of amides is 1. The summed E-state index contributed by atoms with van der Waals surface area (Å²) in [7, 11) is 0. The average molecular weight is 384 g/mol. The number of hydrogen-bond donors (Lipinski definition) is 1. The molecular weight excluding hydrogens is 368 g/mol. The molecule has 0 unspecified atom stereocenters. The number of aliphatic carboxylic acids is 1. The number of nitrogens with zero attached hydrogens (tertiary/aromatic N) is 1. The highest BCUT2D eigenvalue weighted by Gasteiger charge is 2.19. The van der Waals surface area contributed by atoms with Gasteiger partial charge in [0.2, 0.25) is 0 Å². The molecule has 0 saturated heterocycles. The number of hydrogen-bond acceptors (Lipinski definition) is 3. The van der Waals surface area contributed by atoms with E-state index in [4.69, 9.17) is 21.4 Å². The van der Waals surface area contributed by atoms with Gasteiger partial charge in [0.15, 0.2) is 18.2 Å². The highest BCUT2D eigenvalue weighted by atomic mass is 35.5. The molecule has 0 heterocycles. The van der Waals surface area contributed by atoms with Gasteiger partial charge in [0.05, 0.1) is 6.42 Å². The van der Waals surface area contributed by atoms with E-state index in [1.807, 2.05) is 0 Å². The molecular formula is C18H16ClF2NO4. The third kappa shape index (κ3) is 5.70. The van der Waals surface area contributed by atoms with Crippen LogP contribution in [0.5, 0.6) is 5.75 Å². The van der Waals surface area contributed by atoms with Gasteiger partial charge in [0.1, 0.15) is 5.75 Å². The second kappa shape index (κ2) is 9.15. The number of carbonyl (C=O) groups is 2. The van der Waals surface area contributed by atoms with Crippen LogP contribution in [0, 0.1) is 11.6 Å². The Morgan fingerprint density at radius 3 is 2.46 bits per heavy atom. The van der Waals surface area contributed by atoms with Crippen LogP contribution in [0.2, 0.25) is 5.02 Å². The summed E-state index contributed by atoms with van der Waals surface area (Å²) in [4.78, 5) is 24.3. The molecule has 0 spiro atoms. The summed E-state index contributed by atoms with van der Waals surface area (Å²) in [6, 6.07) is 9.94. The maximum absolute atomic E-state index is 13.8. The first-order chi connectivity index (χ1) is 12.4. The van der Waals surface area contributed by atoms with E-state index in [0.717, 1.165) is 11.0 Å². The molecule has 138 valence electrons. The third-order valence-electron chi connectivity index (χ3n) is 3.52. The van der Waals surface area contributed by atoms with Crippen LogP contribution in [-0.4, -0.2) is 35.0 Å². The summed E-state index contributed by atoms with van der Waals surface area (Å²) in [5, 5.41) is 9.33. The van der Waals surface area contributed by atoms with Crippen LogP contribution in [0.3, 0.4) is 0 Å². The summed E-state index contributed by atoms with van der Waals surface area (Å²) >= 11 is 5.76. The lowest BCUT2D eigenvalue weighted by Crippen LogP contribution is -2.36. The van der Waals surface area contributed by atoms with E-state index in [0.29, 0.717) is 10.8 Å². The number of carboxylic acid groups (broad SMARTS) is 1. The van der Waals surface area contributed by atoms with E-state index < -0.39 is 23.5 Å². The Labute approximate surface area is 153 Å². The summed E-state index contributed by atoms with van der Waals surface area (Å²) in [5.41, 5.74) is -0.0461. The minimum Gasteiger partial charge on any atom is -0.484 e. The molecule has 0 saturated carbocycles. The fourth-order valence-electron chi connectivity index (χ4n) is 2.17. The predicted molar refractivity (Wildman–Crippen MR) is 91.0 cm³/mol. The largest absolute Gasteiger partial charge is 0.484 e. The molecule has 0 fully saturated rings. The molecule has 8 heteroatoms. The molecule has 0 bridgehead atoms. The monoisotopic (exact) mass is 383 g/mol. The molecule has 0 radical (unpaired) electrons. The fourth-order valence-corrected chi connectivity index (χ4v) is 2.29. The van der Waals surface area contributed by atoms with E-state index in [2.05, 4.69) is 0 Å². The van der Waals surface area contributed by atoms with Crippen molar-refractivity contribution in [1.82, 2.24) is 4.90 Å². The van der Waals surface area contributed by atoms with Crippen molar-refractivity contribution < 1.29 is 28.2 Å². The molecule has 1 N–H and O–H groups in total. The molecule has 2 aromatic carbocycles. The smallest absolute Gasteiger partial charge is 0.305 e. The molecule has 5 nitrogen and oxygen atoms in total. The number of carbonyl (C=O) groups excluding carboxylic acids is 1. The lowest BCUT2D eigenvalue weighted by molar-refractivity contribution is -0.139. The van der Waals surface area contributed by atoms with Crippen molar-refractivity contribution >= 4 is 23.5 Å². The Morgan fingerprint density at radius 2 is 1.81 bits per heavy atom. The molecule has 0 aromatic heterocycles. The second-order valence-corrected chi connectivity index (χ2v) is 5.85. The Balaban J connectivity index is 2.07. The molecule has 2 aromatic rings. The number of rotatable bonds is 8. The number of carboxylic acids is 1. The number of halogens is 3. The summed E-state index contributed by atoms with van der Waals surface area (Å²) in [6.45, 7) is -0.800. The van der Waals surface area contributed by atoms with Gasteiger partial charge in [-0.2, -0.15) is 0 Å². The van der Waals surface area contributed by atoms with Gasteiger partial charge in [0, 0.05) is 23.7 Å². The average Bonchev–Trinajstić information content (AvgIpc) is 2.61. The van der Waals surface area contributed by atoms with Crippen molar-refractivity contribution in [2.75, 3.05) is 13.2 Å². The van der Waals surface area contributed by atoms with Gasteiger partial charge in [-0.3, -0.25) is 9.59 Å².